The van der Waals surface area contributed by atoms with Gasteiger partial charge in [0.15, 0.2) is 0 Å². The van der Waals surface area contributed by atoms with E-state index in [9.17, 15) is 9.90 Å². The quantitative estimate of drug-likeness (QED) is 0.905. The lowest BCUT2D eigenvalue weighted by molar-refractivity contribution is -0.129. The zero-order valence-corrected chi connectivity index (χ0v) is 11.6. The van der Waals surface area contributed by atoms with Crippen molar-refractivity contribution >= 4 is 5.91 Å². The zero-order chi connectivity index (χ0) is 13.7. The first-order valence-corrected chi connectivity index (χ1v) is 7.17. The number of rotatable bonds is 4. The average molecular weight is 261 g/mol. The monoisotopic (exact) mass is 261 g/mol. The summed E-state index contributed by atoms with van der Waals surface area (Å²) in [6.45, 7) is 0.873. The van der Waals surface area contributed by atoms with Crippen molar-refractivity contribution in [1.82, 2.24) is 4.90 Å². The molecule has 1 saturated carbocycles. The number of hydrogen-bond acceptors (Lipinski definition) is 2. The van der Waals surface area contributed by atoms with Crippen LogP contribution in [0, 0.1) is 5.92 Å². The molecule has 0 saturated heterocycles. The molecule has 0 spiro atoms. The third-order valence-corrected chi connectivity index (χ3v) is 3.95. The maximum atomic E-state index is 12.1. The Hall–Kier alpha value is -1.51. The molecule has 104 valence electrons. The number of nitrogens with zero attached hydrogens (tertiary/aromatic N) is 1. The number of hydrogen-bond donors (Lipinski definition) is 1. The number of phenols is 1. The van der Waals surface area contributed by atoms with Crippen molar-refractivity contribution in [3.05, 3.63) is 29.8 Å². The molecule has 3 heteroatoms. The minimum Gasteiger partial charge on any atom is -0.508 e. The molecule has 0 heterocycles. The molecular weight excluding hydrogens is 238 g/mol. The lowest BCUT2D eigenvalue weighted by Gasteiger charge is -2.27. The highest BCUT2D eigenvalue weighted by Crippen LogP contribution is 2.24. The van der Waals surface area contributed by atoms with Gasteiger partial charge in [0.2, 0.25) is 5.91 Å². The molecule has 0 bridgehead atoms. The summed E-state index contributed by atoms with van der Waals surface area (Å²) in [6.07, 6.45) is 6.83. The van der Waals surface area contributed by atoms with Crippen LogP contribution in [0.5, 0.6) is 5.75 Å². The molecule has 1 N–H and O–H groups in total. The third kappa shape index (κ3) is 4.27. The molecule has 1 aliphatic rings. The Labute approximate surface area is 115 Å². The number of carbonyl (C=O) groups is 1. The van der Waals surface area contributed by atoms with Crippen molar-refractivity contribution in [2.24, 2.45) is 5.92 Å². The molecule has 1 aliphatic carbocycles. The van der Waals surface area contributed by atoms with E-state index in [1.54, 1.807) is 18.2 Å². The van der Waals surface area contributed by atoms with Gasteiger partial charge in [-0.3, -0.25) is 4.79 Å². The van der Waals surface area contributed by atoms with Crippen LogP contribution in [-0.4, -0.2) is 29.5 Å². The van der Waals surface area contributed by atoms with Crippen molar-refractivity contribution in [3.8, 4) is 5.75 Å². The fourth-order valence-electron chi connectivity index (χ4n) is 2.83. The minimum atomic E-state index is 0.135. The fourth-order valence-corrected chi connectivity index (χ4v) is 2.83. The first-order valence-electron chi connectivity index (χ1n) is 7.17. The first-order chi connectivity index (χ1) is 9.15. The van der Waals surface area contributed by atoms with Gasteiger partial charge in [0.25, 0.3) is 0 Å². The molecule has 0 radical (unpaired) electrons. The number of likely N-dealkylation sites (N-methyl/N-ethyl adjacent to an activating group) is 1. The topological polar surface area (TPSA) is 40.5 Å². The second kappa shape index (κ2) is 6.60. The summed E-state index contributed by atoms with van der Waals surface area (Å²) in [4.78, 5) is 14.0. The Balaban J connectivity index is 1.84. The molecule has 1 aromatic carbocycles. The van der Waals surface area contributed by atoms with Gasteiger partial charge in [0.1, 0.15) is 5.75 Å². The molecule has 1 aromatic rings. The Morgan fingerprint density at radius 2 is 2.05 bits per heavy atom. The van der Waals surface area contributed by atoms with Crippen molar-refractivity contribution < 1.29 is 9.90 Å². The van der Waals surface area contributed by atoms with Crippen molar-refractivity contribution in [3.63, 3.8) is 0 Å². The second-order valence-corrected chi connectivity index (χ2v) is 5.62. The second-order valence-electron chi connectivity index (χ2n) is 5.62. The lowest BCUT2D eigenvalue weighted by Crippen LogP contribution is -2.33. The van der Waals surface area contributed by atoms with Crippen LogP contribution in [0.15, 0.2) is 24.3 Å². The summed E-state index contributed by atoms with van der Waals surface area (Å²) in [5.41, 5.74) is 0.875. The van der Waals surface area contributed by atoms with E-state index >= 15 is 0 Å². The summed E-state index contributed by atoms with van der Waals surface area (Å²) < 4.78 is 0. The molecule has 2 rings (SSSR count). The van der Waals surface area contributed by atoms with E-state index in [1.807, 2.05) is 18.0 Å². The van der Waals surface area contributed by atoms with Gasteiger partial charge in [-0.05, 0) is 36.5 Å². The fraction of sp³-hybridized carbons (Fsp3) is 0.562. The largest absolute Gasteiger partial charge is 0.508 e. The molecule has 0 atom stereocenters. The van der Waals surface area contributed by atoms with E-state index in [0.29, 0.717) is 12.3 Å². The maximum Gasteiger partial charge on any atom is 0.226 e. The van der Waals surface area contributed by atoms with Gasteiger partial charge >= 0.3 is 0 Å². The smallest absolute Gasteiger partial charge is 0.226 e. The van der Waals surface area contributed by atoms with Crippen LogP contribution >= 0.6 is 0 Å². The van der Waals surface area contributed by atoms with Gasteiger partial charge < -0.3 is 10.0 Å². The standard InChI is InChI=1S/C16H23NO2/c1-17(12-13-6-3-2-4-7-13)16(19)11-14-8-5-9-15(18)10-14/h5,8-10,13,18H,2-4,6-7,11-12H2,1H3. The molecule has 0 unspecified atom stereocenters. The summed E-state index contributed by atoms with van der Waals surface area (Å²) in [5, 5.41) is 9.40. The minimum absolute atomic E-state index is 0.135. The predicted molar refractivity (Wildman–Crippen MR) is 76.0 cm³/mol. The Bertz CT molecular complexity index is 425. The Morgan fingerprint density at radius 1 is 1.32 bits per heavy atom. The van der Waals surface area contributed by atoms with Gasteiger partial charge in [-0.1, -0.05) is 31.4 Å². The van der Waals surface area contributed by atoms with Crippen LogP contribution < -0.4 is 0 Å². The average Bonchev–Trinajstić information content (AvgIpc) is 2.40. The molecular formula is C16H23NO2. The van der Waals surface area contributed by atoms with Gasteiger partial charge in [-0.25, -0.2) is 0 Å². The molecule has 1 fully saturated rings. The number of phenolic OH excluding ortho intramolecular Hbond substituents is 1. The summed E-state index contributed by atoms with van der Waals surface area (Å²) in [6, 6.07) is 6.94. The Kier molecular flexibility index (Phi) is 4.83. The van der Waals surface area contributed by atoms with Crippen LogP contribution in [-0.2, 0) is 11.2 Å². The van der Waals surface area contributed by atoms with Crippen LogP contribution in [0.1, 0.15) is 37.7 Å². The number of benzene rings is 1. The highest BCUT2D eigenvalue weighted by Gasteiger charge is 2.18. The normalized spacial score (nSPS) is 16.3. The highest BCUT2D eigenvalue weighted by molar-refractivity contribution is 5.78. The van der Waals surface area contributed by atoms with Gasteiger partial charge in [0, 0.05) is 13.6 Å². The number of amides is 1. The van der Waals surface area contributed by atoms with E-state index in [2.05, 4.69) is 0 Å². The van der Waals surface area contributed by atoms with Crippen LogP contribution in [0.3, 0.4) is 0 Å². The van der Waals surface area contributed by atoms with Crippen LogP contribution in [0.4, 0.5) is 0 Å². The van der Waals surface area contributed by atoms with Gasteiger partial charge in [-0.15, -0.1) is 0 Å². The van der Waals surface area contributed by atoms with E-state index < -0.39 is 0 Å². The predicted octanol–water partition coefficient (Wildman–Crippen LogP) is 2.97. The summed E-state index contributed by atoms with van der Waals surface area (Å²) in [5.74, 6) is 1.03. The van der Waals surface area contributed by atoms with Crippen LogP contribution in [0.25, 0.3) is 0 Å². The SMILES string of the molecule is CN(CC1CCCCC1)C(=O)Cc1cccc(O)c1. The molecule has 19 heavy (non-hydrogen) atoms. The van der Waals surface area contributed by atoms with Gasteiger partial charge in [-0.2, -0.15) is 0 Å². The summed E-state index contributed by atoms with van der Waals surface area (Å²) in [7, 11) is 1.89. The summed E-state index contributed by atoms with van der Waals surface area (Å²) >= 11 is 0. The van der Waals surface area contributed by atoms with E-state index in [4.69, 9.17) is 0 Å². The van der Waals surface area contributed by atoms with Crippen molar-refractivity contribution in [1.29, 1.82) is 0 Å². The van der Waals surface area contributed by atoms with E-state index in [0.717, 1.165) is 12.1 Å². The lowest BCUT2D eigenvalue weighted by atomic mass is 9.89. The maximum absolute atomic E-state index is 12.1. The van der Waals surface area contributed by atoms with Crippen molar-refractivity contribution in [2.75, 3.05) is 13.6 Å². The van der Waals surface area contributed by atoms with Gasteiger partial charge in [0.05, 0.1) is 6.42 Å². The Morgan fingerprint density at radius 3 is 2.74 bits per heavy atom. The number of aromatic hydroxyl groups is 1. The first kappa shape index (κ1) is 13.9. The van der Waals surface area contributed by atoms with Crippen LogP contribution in [0.2, 0.25) is 0 Å². The zero-order valence-electron chi connectivity index (χ0n) is 11.6. The highest BCUT2D eigenvalue weighted by atomic mass is 16.3. The molecule has 0 aromatic heterocycles. The van der Waals surface area contributed by atoms with E-state index in [1.165, 1.54) is 32.1 Å². The molecule has 3 nitrogen and oxygen atoms in total. The van der Waals surface area contributed by atoms with Crippen molar-refractivity contribution in [2.45, 2.75) is 38.5 Å². The third-order valence-electron chi connectivity index (χ3n) is 3.95. The molecule has 0 aliphatic heterocycles. The van der Waals surface area contributed by atoms with E-state index in [-0.39, 0.29) is 11.7 Å². The molecule has 1 amide bonds. The number of carbonyl (C=O) groups excluding carboxylic acids is 1.